The van der Waals surface area contributed by atoms with Gasteiger partial charge in [-0.2, -0.15) is 0 Å². The second-order valence-corrected chi connectivity index (χ2v) is 8.39. The molecule has 3 rings (SSSR count). The monoisotopic (exact) mass is 479 g/mol. The van der Waals surface area contributed by atoms with E-state index in [1.807, 2.05) is 42.5 Å². The molecule has 0 aromatic heterocycles. The number of methoxy groups -OCH3 is 1. The van der Waals surface area contributed by atoms with E-state index < -0.39 is 0 Å². The number of carbonyl (C=O) groups is 1. The van der Waals surface area contributed by atoms with Crippen molar-refractivity contribution in [2.75, 3.05) is 27.4 Å². The highest BCUT2D eigenvalue weighted by Crippen LogP contribution is 2.34. The summed E-state index contributed by atoms with van der Waals surface area (Å²) in [5.74, 6) is 2.01. The van der Waals surface area contributed by atoms with E-state index >= 15 is 0 Å². The molecule has 0 unspecified atom stereocenters. The fourth-order valence-corrected chi connectivity index (χ4v) is 4.00. The van der Waals surface area contributed by atoms with Gasteiger partial charge >= 0.3 is 0 Å². The predicted molar refractivity (Wildman–Crippen MR) is 119 cm³/mol. The molecule has 2 aromatic carbocycles. The molecule has 0 radical (unpaired) electrons. The number of hydrogen-bond acceptors (Lipinski definition) is 6. The van der Waals surface area contributed by atoms with Crippen molar-refractivity contribution in [3.63, 3.8) is 0 Å². The van der Waals surface area contributed by atoms with Crippen molar-refractivity contribution in [1.29, 1.82) is 0 Å². The van der Waals surface area contributed by atoms with Crippen LogP contribution in [0.25, 0.3) is 6.08 Å². The highest BCUT2D eigenvalue weighted by molar-refractivity contribution is 9.10. The first-order valence-corrected chi connectivity index (χ1v) is 10.4. The van der Waals surface area contributed by atoms with Gasteiger partial charge in [0.1, 0.15) is 34.8 Å². The van der Waals surface area contributed by atoms with Crippen molar-refractivity contribution >= 4 is 56.2 Å². The fourth-order valence-electron chi connectivity index (χ4n) is 2.45. The Bertz CT molecular complexity index is 932. The summed E-state index contributed by atoms with van der Waals surface area (Å²) in [6, 6.07) is 13.1. The summed E-state index contributed by atoms with van der Waals surface area (Å²) in [6.45, 7) is 0.730. The van der Waals surface area contributed by atoms with Crippen molar-refractivity contribution in [3.8, 4) is 17.2 Å². The molecule has 0 bridgehead atoms. The first-order chi connectivity index (χ1) is 13.5. The summed E-state index contributed by atoms with van der Waals surface area (Å²) in [7, 11) is 3.29. The average molecular weight is 480 g/mol. The van der Waals surface area contributed by atoms with Crippen molar-refractivity contribution in [2.24, 2.45) is 0 Å². The van der Waals surface area contributed by atoms with Gasteiger partial charge in [0.15, 0.2) is 0 Å². The third-order valence-electron chi connectivity index (χ3n) is 3.90. The Labute approximate surface area is 181 Å². The molecule has 1 fully saturated rings. The van der Waals surface area contributed by atoms with Crippen molar-refractivity contribution in [2.45, 2.75) is 0 Å². The van der Waals surface area contributed by atoms with E-state index in [9.17, 15) is 4.79 Å². The van der Waals surface area contributed by atoms with Crippen molar-refractivity contribution in [1.82, 2.24) is 4.90 Å². The van der Waals surface area contributed by atoms with Crippen LogP contribution in [-0.2, 0) is 4.79 Å². The van der Waals surface area contributed by atoms with Crippen molar-refractivity contribution < 1.29 is 19.0 Å². The largest absolute Gasteiger partial charge is 0.497 e. The number of rotatable bonds is 7. The third-order valence-corrected chi connectivity index (χ3v) is 5.87. The van der Waals surface area contributed by atoms with Crippen LogP contribution in [0.1, 0.15) is 5.56 Å². The van der Waals surface area contributed by atoms with Gasteiger partial charge in [-0.15, -0.1) is 0 Å². The first kappa shape index (κ1) is 20.7. The molecule has 1 amide bonds. The summed E-state index contributed by atoms with van der Waals surface area (Å²) in [5, 5.41) is 0. The van der Waals surface area contributed by atoms with E-state index in [-0.39, 0.29) is 5.91 Å². The molecule has 2 aromatic rings. The zero-order chi connectivity index (χ0) is 20.1. The molecule has 146 valence electrons. The van der Waals surface area contributed by atoms with Crippen LogP contribution in [0.15, 0.2) is 51.8 Å². The molecular formula is C20H18BrNO4S2. The SMILES string of the molecule is COc1cccc(OCCOc2ccc(Br)cc2/C=C2\SC(=S)N(C)C2=O)c1. The lowest BCUT2D eigenvalue weighted by molar-refractivity contribution is -0.121. The molecule has 8 heteroatoms. The zero-order valence-corrected chi connectivity index (χ0v) is 18.5. The number of halogens is 1. The van der Waals surface area contributed by atoms with Crippen LogP contribution in [0.2, 0.25) is 0 Å². The van der Waals surface area contributed by atoms with Crippen LogP contribution >= 0.6 is 39.9 Å². The molecule has 1 aliphatic heterocycles. The molecular weight excluding hydrogens is 462 g/mol. The summed E-state index contributed by atoms with van der Waals surface area (Å²) >= 11 is 9.93. The minimum absolute atomic E-state index is 0.109. The normalized spacial score (nSPS) is 15.2. The van der Waals surface area contributed by atoms with Gasteiger partial charge in [0, 0.05) is 23.2 Å². The minimum atomic E-state index is -0.109. The van der Waals surface area contributed by atoms with Gasteiger partial charge in [-0.3, -0.25) is 9.69 Å². The number of ether oxygens (including phenoxy) is 3. The number of thiocarbonyl (C=S) groups is 1. The van der Waals surface area contributed by atoms with Gasteiger partial charge in [-0.05, 0) is 36.4 Å². The molecule has 0 saturated carbocycles. The summed E-state index contributed by atoms with van der Waals surface area (Å²) in [4.78, 5) is 14.3. The summed E-state index contributed by atoms with van der Waals surface area (Å²) in [5.41, 5.74) is 0.796. The predicted octanol–water partition coefficient (Wildman–Crippen LogP) is 4.75. The molecule has 5 nitrogen and oxygen atoms in total. The smallest absolute Gasteiger partial charge is 0.265 e. The van der Waals surface area contributed by atoms with Gasteiger partial charge < -0.3 is 14.2 Å². The van der Waals surface area contributed by atoms with E-state index in [0.29, 0.717) is 33.9 Å². The van der Waals surface area contributed by atoms with Gasteiger partial charge in [-0.1, -0.05) is 46.0 Å². The van der Waals surface area contributed by atoms with E-state index in [4.69, 9.17) is 26.4 Å². The minimum Gasteiger partial charge on any atom is -0.497 e. The first-order valence-electron chi connectivity index (χ1n) is 8.38. The van der Waals surface area contributed by atoms with Crippen LogP contribution in [0, 0.1) is 0 Å². The number of amides is 1. The van der Waals surface area contributed by atoms with Crippen molar-refractivity contribution in [3.05, 3.63) is 57.4 Å². The second-order valence-electron chi connectivity index (χ2n) is 5.80. The van der Waals surface area contributed by atoms with Crippen LogP contribution in [0.4, 0.5) is 0 Å². The Morgan fingerprint density at radius 3 is 2.61 bits per heavy atom. The second kappa shape index (κ2) is 9.45. The molecule has 0 spiro atoms. The van der Waals surface area contributed by atoms with Gasteiger partial charge in [-0.25, -0.2) is 0 Å². The Balaban J connectivity index is 1.66. The number of thioether (sulfide) groups is 1. The van der Waals surface area contributed by atoms with E-state index in [1.165, 1.54) is 16.7 Å². The number of benzene rings is 2. The van der Waals surface area contributed by atoms with E-state index in [2.05, 4.69) is 15.9 Å². The molecule has 1 heterocycles. The fraction of sp³-hybridized carbons (Fsp3) is 0.200. The maximum absolute atomic E-state index is 12.3. The Kier molecular flexibility index (Phi) is 6.98. The maximum Gasteiger partial charge on any atom is 0.265 e. The van der Waals surface area contributed by atoms with Crippen LogP contribution in [0.3, 0.4) is 0 Å². The lowest BCUT2D eigenvalue weighted by atomic mass is 10.2. The molecule has 0 aliphatic carbocycles. The molecule has 1 saturated heterocycles. The average Bonchev–Trinajstić information content (AvgIpc) is 2.93. The van der Waals surface area contributed by atoms with E-state index in [1.54, 1.807) is 20.2 Å². The lowest BCUT2D eigenvalue weighted by Crippen LogP contribution is -2.22. The lowest BCUT2D eigenvalue weighted by Gasteiger charge is -2.12. The number of hydrogen-bond donors (Lipinski definition) is 0. The summed E-state index contributed by atoms with van der Waals surface area (Å²) < 4.78 is 18.2. The van der Waals surface area contributed by atoms with Gasteiger partial charge in [0.2, 0.25) is 0 Å². The zero-order valence-electron chi connectivity index (χ0n) is 15.3. The maximum atomic E-state index is 12.3. The summed E-state index contributed by atoms with van der Waals surface area (Å²) in [6.07, 6.45) is 1.80. The van der Waals surface area contributed by atoms with E-state index in [0.717, 1.165) is 15.8 Å². The van der Waals surface area contributed by atoms with Crippen LogP contribution in [-0.4, -0.2) is 42.5 Å². The van der Waals surface area contributed by atoms with Crippen LogP contribution < -0.4 is 14.2 Å². The van der Waals surface area contributed by atoms with Gasteiger partial charge in [0.25, 0.3) is 5.91 Å². The third kappa shape index (κ3) is 5.06. The Hall–Kier alpha value is -2.03. The molecule has 0 N–H and O–H groups in total. The topological polar surface area (TPSA) is 48.0 Å². The highest BCUT2D eigenvalue weighted by atomic mass is 79.9. The standard InChI is InChI=1S/C20H18BrNO4S2/c1-22-19(23)18(28-20(22)27)11-13-10-14(21)6-7-17(13)26-9-8-25-16-5-3-4-15(12-16)24-2/h3-7,10-12H,8-9H2,1-2H3/b18-11-. The molecule has 0 atom stereocenters. The number of nitrogens with zero attached hydrogens (tertiary/aromatic N) is 1. The Morgan fingerprint density at radius 2 is 1.89 bits per heavy atom. The van der Waals surface area contributed by atoms with Crippen LogP contribution in [0.5, 0.6) is 17.2 Å². The molecule has 28 heavy (non-hydrogen) atoms. The Morgan fingerprint density at radius 1 is 1.14 bits per heavy atom. The molecule has 1 aliphatic rings. The number of likely N-dealkylation sites (N-methyl/N-ethyl adjacent to an activating group) is 1. The number of carbonyl (C=O) groups excluding carboxylic acids is 1. The van der Waals surface area contributed by atoms with Gasteiger partial charge in [0.05, 0.1) is 12.0 Å². The highest BCUT2D eigenvalue weighted by Gasteiger charge is 2.28. The quantitative estimate of drug-likeness (QED) is 0.324.